The Labute approximate surface area is 285 Å². The maximum Gasteiger partial charge on any atom is 0.250 e. The number of nitrogens with one attached hydrogen (secondary N) is 2. The summed E-state index contributed by atoms with van der Waals surface area (Å²) in [7, 11) is 0. The summed E-state index contributed by atoms with van der Waals surface area (Å²) in [5.74, 6) is -0.112. The van der Waals surface area contributed by atoms with Gasteiger partial charge in [-0.25, -0.2) is 9.97 Å². The van der Waals surface area contributed by atoms with Gasteiger partial charge in [-0.3, -0.25) is 9.59 Å². The van der Waals surface area contributed by atoms with Crippen LogP contribution in [-0.2, 0) is 22.7 Å². The number of hydrogen-bond donors (Lipinski definition) is 2. The van der Waals surface area contributed by atoms with E-state index >= 15 is 0 Å². The summed E-state index contributed by atoms with van der Waals surface area (Å²) in [4.78, 5) is 40.0. The van der Waals surface area contributed by atoms with Crippen molar-refractivity contribution in [1.82, 2.24) is 25.5 Å². The number of hydrogen-bond acceptors (Lipinski definition) is 7. The van der Waals surface area contributed by atoms with Gasteiger partial charge in [-0.2, -0.15) is 0 Å². The van der Waals surface area contributed by atoms with E-state index in [-0.39, 0.29) is 17.7 Å². The molecule has 2 N–H and O–H groups in total. The van der Waals surface area contributed by atoms with Gasteiger partial charge in [0.15, 0.2) is 0 Å². The van der Waals surface area contributed by atoms with Gasteiger partial charge < -0.3 is 15.5 Å². The zero-order valence-corrected chi connectivity index (χ0v) is 28.6. The Morgan fingerprint density at radius 2 is 1.36 bits per heavy atom. The van der Waals surface area contributed by atoms with Gasteiger partial charge in [0.25, 0.3) is 0 Å². The lowest BCUT2D eigenvalue weighted by atomic mass is 10.0. The second-order valence-corrected chi connectivity index (χ2v) is 14.2. The first kappa shape index (κ1) is 32.7. The van der Waals surface area contributed by atoms with Crippen LogP contribution in [-0.4, -0.2) is 39.8 Å². The molecule has 2 heterocycles. The minimum atomic E-state index is -0.704. The third-order valence-electron chi connectivity index (χ3n) is 8.23. The molecule has 2 amide bonds. The molecular weight excluding hydrogens is 623 g/mol. The Kier molecular flexibility index (Phi) is 10.9. The molecule has 0 radical (unpaired) electrons. The van der Waals surface area contributed by atoms with Crippen molar-refractivity contribution < 1.29 is 9.59 Å². The van der Waals surface area contributed by atoms with Crippen LogP contribution < -0.4 is 10.6 Å². The average molecular weight is 664 g/mol. The van der Waals surface area contributed by atoms with E-state index in [1.165, 1.54) is 10.4 Å². The van der Waals surface area contributed by atoms with E-state index < -0.39 is 6.04 Å². The number of benzene rings is 3. The molecule has 5 aromatic rings. The summed E-state index contributed by atoms with van der Waals surface area (Å²) in [6, 6.07) is 26.1. The minimum absolute atomic E-state index is 0.0242. The summed E-state index contributed by atoms with van der Waals surface area (Å²) in [5.41, 5.74) is 5.39. The molecule has 0 spiro atoms. The fourth-order valence-corrected chi connectivity index (χ4v) is 7.32. The first-order chi connectivity index (χ1) is 23.0. The molecule has 1 aliphatic carbocycles. The standard InChI is InChI=1S/C38H41N5O2S2/c1-3-20-39-24-34-40-22-32(46-34)28-14-10-26(11-15-28)27-12-16-29(17-13-27)33-23-41-35(47-33)25-43(21-4-2)38(45)36(30-8-6-5-7-9-30)42-37(44)31-18-19-31/h5-17,22-23,31,36,39H,3-4,18-21,24-25H2,1-2H3,(H,42,44). The number of nitrogens with zero attached hydrogens (tertiary/aromatic N) is 3. The molecule has 242 valence electrons. The topological polar surface area (TPSA) is 87.2 Å². The highest BCUT2D eigenvalue weighted by molar-refractivity contribution is 7.15. The van der Waals surface area contributed by atoms with Crippen LogP contribution in [0.2, 0.25) is 0 Å². The number of rotatable bonds is 15. The van der Waals surface area contributed by atoms with Crippen LogP contribution in [0.1, 0.15) is 61.2 Å². The lowest BCUT2D eigenvalue weighted by Gasteiger charge is -2.27. The maximum absolute atomic E-state index is 13.9. The summed E-state index contributed by atoms with van der Waals surface area (Å²) in [6.07, 6.45) is 7.56. The van der Waals surface area contributed by atoms with E-state index in [2.05, 4.69) is 78.0 Å². The van der Waals surface area contributed by atoms with Crippen molar-refractivity contribution in [1.29, 1.82) is 0 Å². The van der Waals surface area contributed by atoms with E-state index in [4.69, 9.17) is 4.98 Å². The summed E-state index contributed by atoms with van der Waals surface area (Å²) in [5, 5.41) is 8.44. The van der Waals surface area contributed by atoms with E-state index in [0.29, 0.717) is 13.1 Å². The molecule has 7 nitrogen and oxygen atoms in total. The van der Waals surface area contributed by atoms with Gasteiger partial charge in [0, 0.05) is 31.4 Å². The van der Waals surface area contributed by atoms with E-state index in [1.54, 1.807) is 22.7 Å². The fourth-order valence-electron chi connectivity index (χ4n) is 5.49. The molecule has 2 aromatic heterocycles. The van der Waals surface area contributed by atoms with Crippen LogP contribution in [0.3, 0.4) is 0 Å². The number of carbonyl (C=O) groups is 2. The van der Waals surface area contributed by atoms with Gasteiger partial charge >= 0.3 is 0 Å². The van der Waals surface area contributed by atoms with Crippen molar-refractivity contribution in [3.63, 3.8) is 0 Å². The predicted octanol–water partition coefficient (Wildman–Crippen LogP) is 8.11. The third-order valence-corrected chi connectivity index (χ3v) is 10.3. The van der Waals surface area contributed by atoms with Crippen molar-refractivity contribution in [2.24, 2.45) is 5.92 Å². The van der Waals surface area contributed by atoms with Gasteiger partial charge in [-0.15, -0.1) is 22.7 Å². The highest BCUT2D eigenvalue weighted by atomic mass is 32.1. The zero-order valence-electron chi connectivity index (χ0n) is 26.9. The van der Waals surface area contributed by atoms with Crippen molar-refractivity contribution in [2.75, 3.05) is 13.1 Å². The molecule has 0 saturated heterocycles. The number of amides is 2. The maximum atomic E-state index is 13.9. The highest BCUT2D eigenvalue weighted by Gasteiger charge is 2.34. The van der Waals surface area contributed by atoms with Crippen LogP contribution in [0.15, 0.2) is 91.3 Å². The number of thiazole rings is 2. The lowest BCUT2D eigenvalue weighted by molar-refractivity contribution is -0.137. The second kappa shape index (κ2) is 15.6. The molecule has 1 unspecified atom stereocenters. The highest BCUT2D eigenvalue weighted by Crippen LogP contribution is 2.33. The molecule has 6 rings (SSSR count). The molecule has 1 aliphatic rings. The van der Waals surface area contributed by atoms with Crippen LogP contribution in [0.5, 0.6) is 0 Å². The van der Waals surface area contributed by atoms with Crippen molar-refractivity contribution in [2.45, 2.75) is 58.7 Å². The van der Waals surface area contributed by atoms with Crippen molar-refractivity contribution in [3.8, 4) is 32.0 Å². The van der Waals surface area contributed by atoms with Gasteiger partial charge in [-0.05, 0) is 60.0 Å². The minimum Gasteiger partial charge on any atom is -0.340 e. The molecule has 47 heavy (non-hydrogen) atoms. The van der Waals surface area contributed by atoms with Gasteiger partial charge in [0.1, 0.15) is 16.1 Å². The monoisotopic (exact) mass is 663 g/mol. The predicted molar refractivity (Wildman–Crippen MR) is 192 cm³/mol. The van der Waals surface area contributed by atoms with Crippen LogP contribution in [0.25, 0.3) is 32.0 Å². The third kappa shape index (κ3) is 8.41. The van der Waals surface area contributed by atoms with Crippen LogP contribution >= 0.6 is 22.7 Å². The summed E-state index contributed by atoms with van der Waals surface area (Å²) in [6.45, 7) is 7.04. The first-order valence-corrected chi connectivity index (χ1v) is 18.1. The molecule has 3 aromatic carbocycles. The summed E-state index contributed by atoms with van der Waals surface area (Å²) < 4.78 is 0. The Morgan fingerprint density at radius 3 is 1.94 bits per heavy atom. The smallest absolute Gasteiger partial charge is 0.250 e. The summed E-state index contributed by atoms with van der Waals surface area (Å²) >= 11 is 3.34. The Balaban J connectivity index is 1.11. The number of aromatic nitrogens is 2. The van der Waals surface area contributed by atoms with Gasteiger partial charge in [0.2, 0.25) is 11.8 Å². The second-order valence-electron chi connectivity index (χ2n) is 12.0. The Bertz CT molecular complexity index is 1760. The van der Waals surface area contributed by atoms with Gasteiger partial charge in [-0.1, -0.05) is 92.7 Å². The molecule has 1 atom stereocenters. The molecule has 1 saturated carbocycles. The Hall–Kier alpha value is -4.18. The molecular formula is C38H41N5O2S2. The van der Waals surface area contributed by atoms with Crippen LogP contribution in [0, 0.1) is 5.92 Å². The van der Waals surface area contributed by atoms with Gasteiger partial charge in [0.05, 0.1) is 16.3 Å². The molecule has 0 aliphatic heterocycles. The van der Waals surface area contributed by atoms with E-state index in [1.807, 2.05) is 47.6 Å². The lowest BCUT2D eigenvalue weighted by Crippen LogP contribution is -2.43. The molecule has 1 fully saturated rings. The SMILES string of the molecule is CCCNCc1ncc(-c2ccc(-c3ccc(-c4cnc(CN(CCC)C(=O)C(NC(=O)C5CC5)c5ccccc5)s4)cc3)cc2)s1. The van der Waals surface area contributed by atoms with Crippen molar-refractivity contribution in [3.05, 3.63) is 107 Å². The van der Waals surface area contributed by atoms with E-state index in [9.17, 15) is 9.59 Å². The largest absolute Gasteiger partial charge is 0.340 e. The number of carbonyl (C=O) groups excluding carboxylic acids is 2. The Morgan fingerprint density at radius 1 is 0.787 bits per heavy atom. The zero-order chi connectivity index (χ0) is 32.6. The first-order valence-electron chi connectivity index (χ1n) is 16.5. The normalized spacial score (nSPS) is 13.3. The van der Waals surface area contributed by atoms with Crippen LogP contribution in [0.4, 0.5) is 0 Å². The average Bonchev–Trinajstić information content (AvgIpc) is 3.68. The fraction of sp³-hybridized carbons (Fsp3) is 0.316. The molecule has 9 heteroatoms. The quantitative estimate of drug-likeness (QED) is 0.111. The van der Waals surface area contributed by atoms with E-state index in [0.717, 1.165) is 75.9 Å². The molecule has 0 bridgehead atoms. The van der Waals surface area contributed by atoms with Crippen molar-refractivity contribution >= 4 is 34.5 Å².